The Hall–Kier alpha value is -2.62. The summed E-state index contributed by atoms with van der Waals surface area (Å²) in [5.74, 6) is 0.735. The fraction of sp³-hybridized carbons (Fsp3) is 0.222. The molecule has 0 aliphatic rings. The van der Waals surface area contributed by atoms with Gasteiger partial charge in [0.1, 0.15) is 11.3 Å². The Morgan fingerprint density at radius 3 is 2.55 bits per heavy atom. The SMILES string of the molecule is CC(C)(C)C(=O)c1ccc(-c2cc3cc(N)ccc3o2)nc1. The number of hydrogen-bond acceptors (Lipinski definition) is 4. The first kappa shape index (κ1) is 14.3. The molecule has 4 heteroatoms. The smallest absolute Gasteiger partial charge is 0.169 e. The number of nitrogen functional groups attached to an aromatic ring is 1. The topological polar surface area (TPSA) is 69.1 Å². The maximum absolute atomic E-state index is 12.2. The van der Waals surface area contributed by atoms with Gasteiger partial charge < -0.3 is 10.2 Å². The molecule has 0 saturated carbocycles. The van der Waals surface area contributed by atoms with Crippen molar-refractivity contribution in [1.29, 1.82) is 0 Å². The number of fused-ring (bicyclic) bond motifs is 1. The van der Waals surface area contributed by atoms with Crippen molar-refractivity contribution in [2.45, 2.75) is 20.8 Å². The molecule has 0 spiro atoms. The number of rotatable bonds is 2. The van der Waals surface area contributed by atoms with Crippen molar-refractivity contribution in [3.05, 3.63) is 48.2 Å². The van der Waals surface area contributed by atoms with Crippen LogP contribution in [0.15, 0.2) is 47.0 Å². The Morgan fingerprint density at radius 2 is 1.91 bits per heavy atom. The van der Waals surface area contributed by atoms with Crippen molar-refractivity contribution < 1.29 is 9.21 Å². The van der Waals surface area contributed by atoms with E-state index in [1.54, 1.807) is 24.4 Å². The molecule has 3 rings (SSSR count). The maximum Gasteiger partial charge on any atom is 0.169 e. The number of aromatic nitrogens is 1. The van der Waals surface area contributed by atoms with Crippen molar-refractivity contribution in [2.24, 2.45) is 5.41 Å². The number of nitrogens with two attached hydrogens (primary N) is 1. The minimum absolute atomic E-state index is 0.0731. The molecule has 0 fully saturated rings. The summed E-state index contributed by atoms with van der Waals surface area (Å²) in [6, 6.07) is 11.0. The van der Waals surface area contributed by atoms with E-state index in [0.29, 0.717) is 22.7 Å². The van der Waals surface area contributed by atoms with Crippen molar-refractivity contribution >= 4 is 22.4 Å². The third-order valence-corrected chi connectivity index (χ3v) is 3.50. The molecule has 4 nitrogen and oxygen atoms in total. The third kappa shape index (κ3) is 2.60. The molecule has 2 heterocycles. The van der Waals surface area contributed by atoms with Crippen molar-refractivity contribution in [3.8, 4) is 11.5 Å². The zero-order chi connectivity index (χ0) is 15.9. The number of ketones is 1. The largest absolute Gasteiger partial charge is 0.454 e. The lowest BCUT2D eigenvalue weighted by atomic mass is 9.87. The lowest BCUT2D eigenvalue weighted by Crippen LogP contribution is -2.20. The minimum atomic E-state index is -0.417. The fourth-order valence-electron chi connectivity index (χ4n) is 2.30. The molecule has 2 aromatic heterocycles. The molecular formula is C18H18N2O2. The zero-order valence-corrected chi connectivity index (χ0v) is 12.9. The van der Waals surface area contributed by atoms with Crippen LogP contribution in [-0.4, -0.2) is 10.8 Å². The summed E-state index contributed by atoms with van der Waals surface area (Å²) in [4.78, 5) is 16.6. The summed E-state index contributed by atoms with van der Waals surface area (Å²) in [5.41, 5.74) is 8.12. The predicted molar refractivity (Wildman–Crippen MR) is 87.6 cm³/mol. The van der Waals surface area contributed by atoms with Crippen LogP contribution in [0.1, 0.15) is 31.1 Å². The molecule has 0 saturated heterocycles. The van der Waals surface area contributed by atoms with Crippen LogP contribution in [0.3, 0.4) is 0 Å². The molecule has 0 atom stereocenters. The van der Waals surface area contributed by atoms with Gasteiger partial charge in [-0.15, -0.1) is 0 Å². The van der Waals surface area contributed by atoms with Crippen molar-refractivity contribution in [1.82, 2.24) is 4.98 Å². The summed E-state index contributed by atoms with van der Waals surface area (Å²) >= 11 is 0. The molecular weight excluding hydrogens is 276 g/mol. The van der Waals surface area contributed by atoms with E-state index in [1.165, 1.54) is 0 Å². The maximum atomic E-state index is 12.2. The predicted octanol–water partition coefficient (Wildman–Crippen LogP) is 4.31. The number of carbonyl (C=O) groups excluding carboxylic acids is 1. The van der Waals surface area contributed by atoms with Gasteiger partial charge in [-0.1, -0.05) is 20.8 Å². The van der Waals surface area contributed by atoms with Gasteiger partial charge in [0.05, 0.1) is 0 Å². The molecule has 1 aromatic carbocycles. The van der Waals surface area contributed by atoms with E-state index in [4.69, 9.17) is 10.2 Å². The number of Topliss-reactive ketones (excluding diaryl/α,β-unsaturated/α-hetero) is 1. The average molecular weight is 294 g/mol. The van der Waals surface area contributed by atoms with E-state index in [2.05, 4.69) is 4.98 Å². The summed E-state index contributed by atoms with van der Waals surface area (Å²) in [6.45, 7) is 5.69. The van der Waals surface area contributed by atoms with Crippen LogP contribution >= 0.6 is 0 Å². The molecule has 0 unspecified atom stereocenters. The third-order valence-electron chi connectivity index (χ3n) is 3.50. The lowest BCUT2D eigenvalue weighted by molar-refractivity contribution is 0.0858. The Kier molecular flexibility index (Phi) is 3.24. The molecule has 3 aromatic rings. The van der Waals surface area contributed by atoms with E-state index in [1.807, 2.05) is 39.0 Å². The highest BCUT2D eigenvalue weighted by molar-refractivity contribution is 5.99. The Balaban J connectivity index is 1.96. The van der Waals surface area contributed by atoms with E-state index < -0.39 is 5.41 Å². The highest BCUT2D eigenvalue weighted by atomic mass is 16.3. The first-order chi connectivity index (χ1) is 10.3. The van der Waals surface area contributed by atoms with E-state index in [-0.39, 0.29) is 5.78 Å². The van der Waals surface area contributed by atoms with E-state index in [0.717, 1.165) is 11.0 Å². The van der Waals surface area contributed by atoms with Crippen LogP contribution < -0.4 is 5.73 Å². The molecule has 0 amide bonds. The fourth-order valence-corrected chi connectivity index (χ4v) is 2.30. The minimum Gasteiger partial charge on any atom is -0.454 e. The second kappa shape index (κ2) is 4.98. The number of carbonyl (C=O) groups is 1. The van der Waals surface area contributed by atoms with Crippen LogP contribution in [0.5, 0.6) is 0 Å². The van der Waals surface area contributed by atoms with Gasteiger partial charge in [0, 0.05) is 28.2 Å². The van der Waals surface area contributed by atoms with Gasteiger partial charge >= 0.3 is 0 Å². The van der Waals surface area contributed by atoms with Gasteiger partial charge in [0.2, 0.25) is 0 Å². The normalized spacial score (nSPS) is 11.8. The molecule has 0 bridgehead atoms. The monoisotopic (exact) mass is 294 g/mol. The van der Waals surface area contributed by atoms with Crippen LogP contribution in [0.2, 0.25) is 0 Å². The van der Waals surface area contributed by atoms with Gasteiger partial charge in [0.25, 0.3) is 0 Å². The standard InChI is InChI=1S/C18H18N2O2/c1-18(2,3)17(21)11-4-6-14(20-10-11)16-9-12-8-13(19)5-7-15(12)22-16/h4-10H,19H2,1-3H3. The first-order valence-corrected chi connectivity index (χ1v) is 7.15. The second-order valence-corrected chi connectivity index (χ2v) is 6.42. The van der Waals surface area contributed by atoms with E-state index in [9.17, 15) is 4.79 Å². The van der Waals surface area contributed by atoms with Gasteiger partial charge in [-0.05, 0) is 36.4 Å². The Bertz CT molecular complexity index is 840. The quantitative estimate of drug-likeness (QED) is 0.565. The number of hydrogen-bond donors (Lipinski definition) is 1. The Labute approximate surface area is 129 Å². The lowest BCUT2D eigenvalue weighted by Gasteiger charge is -2.16. The van der Waals surface area contributed by atoms with Crippen LogP contribution in [0, 0.1) is 5.41 Å². The summed E-state index contributed by atoms with van der Waals surface area (Å²) < 4.78 is 5.77. The second-order valence-electron chi connectivity index (χ2n) is 6.42. The number of benzene rings is 1. The summed E-state index contributed by atoms with van der Waals surface area (Å²) in [6.07, 6.45) is 1.60. The van der Waals surface area contributed by atoms with Gasteiger partial charge in [-0.2, -0.15) is 0 Å². The highest BCUT2D eigenvalue weighted by Gasteiger charge is 2.23. The molecule has 0 aliphatic carbocycles. The highest BCUT2D eigenvalue weighted by Crippen LogP contribution is 2.28. The van der Waals surface area contributed by atoms with Gasteiger partial charge in [-0.25, -0.2) is 0 Å². The van der Waals surface area contributed by atoms with Crippen molar-refractivity contribution in [3.63, 3.8) is 0 Å². The first-order valence-electron chi connectivity index (χ1n) is 7.15. The number of nitrogens with zero attached hydrogens (tertiary/aromatic N) is 1. The molecule has 2 N–H and O–H groups in total. The van der Waals surface area contributed by atoms with Crippen molar-refractivity contribution in [2.75, 3.05) is 5.73 Å². The summed E-state index contributed by atoms with van der Waals surface area (Å²) in [5, 5.41) is 0.937. The summed E-state index contributed by atoms with van der Waals surface area (Å²) in [7, 11) is 0. The molecule has 0 radical (unpaired) electrons. The zero-order valence-electron chi connectivity index (χ0n) is 12.9. The van der Waals surface area contributed by atoms with E-state index >= 15 is 0 Å². The average Bonchev–Trinajstić information content (AvgIpc) is 2.88. The van der Waals surface area contributed by atoms with Crippen LogP contribution in [0.25, 0.3) is 22.4 Å². The number of anilines is 1. The van der Waals surface area contributed by atoms with Gasteiger partial charge in [0.15, 0.2) is 11.5 Å². The van der Waals surface area contributed by atoms with Crippen LogP contribution in [0.4, 0.5) is 5.69 Å². The molecule has 112 valence electrons. The van der Waals surface area contributed by atoms with Crippen LogP contribution in [-0.2, 0) is 0 Å². The molecule has 22 heavy (non-hydrogen) atoms. The number of pyridine rings is 1. The van der Waals surface area contributed by atoms with Gasteiger partial charge in [-0.3, -0.25) is 9.78 Å². The molecule has 0 aliphatic heterocycles. The Morgan fingerprint density at radius 1 is 1.14 bits per heavy atom. The number of furan rings is 1.